The minimum absolute atomic E-state index is 0.0968. The summed E-state index contributed by atoms with van der Waals surface area (Å²) in [6, 6.07) is 7.27. The van der Waals surface area contributed by atoms with Crippen LogP contribution >= 0.6 is 11.6 Å². The van der Waals surface area contributed by atoms with Gasteiger partial charge in [-0.05, 0) is 17.7 Å². The van der Waals surface area contributed by atoms with Crippen LogP contribution in [0.4, 0.5) is 0 Å². The van der Waals surface area contributed by atoms with Gasteiger partial charge >= 0.3 is 0 Å². The number of nitrogens with one attached hydrogen (secondary N) is 2. The summed E-state index contributed by atoms with van der Waals surface area (Å²) in [6.07, 6.45) is 0. The predicted octanol–water partition coefficient (Wildman–Crippen LogP) is -0.734. The third-order valence-corrected chi connectivity index (χ3v) is 2.59. The Kier molecular flexibility index (Phi) is 6.18. The first-order chi connectivity index (χ1) is 8.61. The van der Waals surface area contributed by atoms with Crippen LogP contribution in [0.2, 0.25) is 5.02 Å². The number of likely N-dealkylation sites (N-methyl/N-ethyl adjacent to an activating group) is 1. The molecule has 1 rings (SSSR count). The van der Waals surface area contributed by atoms with Crippen LogP contribution in [0.3, 0.4) is 0 Å². The zero-order valence-electron chi connectivity index (χ0n) is 10.2. The van der Waals surface area contributed by atoms with E-state index in [9.17, 15) is 9.59 Å². The highest BCUT2D eigenvalue weighted by atomic mass is 35.5. The SMILES string of the molecule is CNC(=O)C[NH2+]CC(=O)NCc1ccc(Cl)cc1. The number of rotatable bonds is 6. The molecule has 0 atom stereocenters. The Morgan fingerprint density at radius 1 is 1.17 bits per heavy atom. The quantitative estimate of drug-likeness (QED) is 0.637. The zero-order chi connectivity index (χ0) is 13.4. The molecule has 0 fully saturated rings. The number of nitrogens with two attached hydrogens (primary N) is 1. The lowest BCUT2D eigenvalue weighted by Crippen LogP contribution is -2.88. The van der Waals surface area contributed by atoms with Crippen LogP contribution in [0, 0.1) is 0 Å². The molecular formula is C12H17ClN3O2+. The molecule has 0 spiro atoms. The molecule has 1 aromatic carbocycles. The van der Waals surface area contributed by atoms with E-state index < -0.39 is 0 Å². The molecule has 98 valence electrons. The van der Waals surface area contributed by atoms with Crippen molar-refractivity contribution < 1.29 is 14.9 Å². The monoisotopic (exact) mass is 270 g/mol. The van der Waals surface area contributed by atoms with E-state index >= 15 is 0 Å². The molecule has 0 aliphatic heterocycles. The molecule has 0 saturated heterocycles. The summed E-state index contributed by atoms with van der Waals surface area (Å²) in [6.45, 7) is 0.954. The average Bonchev–Trinajstić information content (AvgIpc) is 2.38. The largest absolute Gasteiger partial charge is 0.354 e. The van der Waals surface area contributed by atoms with Gasteiger partial charge in [0.05, 0.1) is 0 Å². The van der Waals surface area contributed by atoms with Crippen molar-refractivity contribution in [3.63, 3.8) is 0 Å². The Hall–Kier alpha value is -1.59. The lowest BCUT2D eigenvalue weighted by molar-refractivity contribution is -0.633. The molecule has 0 saturated carbocycles. The molecule has 0 bridgehead atoms. The summed E-state index contributed by atoms with van der Waals surface area (Å²) >= 11 is 5.76. The average molecular weight is 271 g/mol. The van der Waals surface area contributed by atoms with Crippen molar-refractivity contribution in [1.82, 2.24) is 10.6 Å². The predicted molar refractivity (Wildman–Crippen MR) is 69.0 cm³/mol. The summed E-state index contributed by atoms with van der Waals surface area (Å²) in [5.41, 5.74) is 0.985. The minimum atomic E-state index is -0.103. The van der Waals surface area contributed by atoms with E-state index in [0.29, 0.717) is 11.6 Å². The van der Waals surface area contributed by atoms with E-state index in [-0.39, 0.29) is 24.9 Å². The second-order valence-corrected chi connectivity index (χ2v) is 4.21. The minimum Gasteiger partial charge on any atom is -0.354 e. The van der Waals surface area contributed by atoms with Gasteiger partial charge in [0.2, 0.25) is 0 Å². The van der Waals surface area contributed by atoms with Gasteiger partial charge in [0, 0.05) is 18.6 Å². The van der Waals surface area contributed by atoms with Gasteiger partial charge in [-0.1, -0.05) is 23.7 Å². The Labute approximate surface area is 111 Å². The zero-order valence-corrected chi connectivity index (χ0v) is 11.0. The van der Waals surface area contributed by atoms with Gasteiger partial charge in [0.15, 0.2) is 13.1 Å². The molecular weight excluding hydrogens is 254 g/mol. The van der Waals surface area contributed by atoms with Crippen molar-refractivity contribution in [2.45, 2.75) is 6.54 Å². The maximum Gasteiger partial charge on any atom is 0.275 e. The Bertz CT molecular complexity index is 406. The van der Waals surface area contributed by atoms with E-state index in [1.807, 2.05) is 12.1 Å². The van der Waals surface area contributed by atoms with Crippen LogP contribution in [-0.4, -0.2) is 32.0 Å². The molecule has 0 aromatic heterocycles. The number of carbonyl (C=O) groups excluding carboxylic acids is 2. The highest BCUT2D eigenvalue weighted by molar-refractivity contribution is 6.30. The molecule has 0 radical (unpaired) electrons. The number of hydrogen-bond acceptors (Lipinski definition) is 2. The summed E-state index contributed by atoms with van der Waals surface area (Å²) in [7, 11) is 1.57. The van der Waals surface area contributed by atoms with Gasteiger partial charge in [0.1, 0.15) is 0 Å². The summed E-state index contributed by atoms with van der Waals surface area (Å²) < 4.78 is 0. The second-order valence-electron chi connectivity index (χ2n) is 3.77. The number of quaternary nitrogens is 1. The summed E-state index contributed by atoms with van der Waals surface area (Å²) in [4.78, 5) is 22.4. The fourth-order valence-electron chi connectivity index (χ4n) is 1.31. The third kappa shape index (κ3) is 5.65. The van der Waals surface area contributed by atoms with Crippen LogP contribution in [0.5, 0.6) is 0 Å². The normalized spacial score (nSPS) is 9.89. The lowest BCUT2D eigenvalue weighted by atomic mass is 10.2. The molecule has 0 heterocycles. The Morgan fingerprint density at radius 2 is 1.78 bits per heavy atom. The first kappa shape index (κ1) is 14.5. The van der Waals surface area contributed by atoms with Crippen molar-refractivity contribution in [3.8, 4) is 0 Å². The van der Waals surface area contributed by atoms with E-state index in [1.54, 1.807) is 24.5 Å². The van der Waals surface area contributed by atoms with E-state index in [0.717, 1.165) is 5.56 Å². The van der Waals surface area contributed by atoms with E-state index in [4.69, 9.17) is 11.6 Å². The van der Waals surface area contributed by atoms with Crippen LogP contribution in [0.1, 0.15) is 5.56 Å². The smallest absolute Gasteiger partial charge is 0.275 e. The Balaban J connectivity index is 2.21. The van der Waals surface area contributed by atoms with Crippen LogP contribution in [-0.2, 0) is 16.1 Å². The topological polar surface area (TPSA) is 74.8 Å². The van der Waals surface area contributed by atoms with Crippen LogP contribution < -0.4 is 16.0 Å². The standard InChI is InChI=1S/C12H16ClN3O2/c1-14-11(17)7-15-8-12(18)16-6-9-2-4-10(13)5-3-9/h2-5,15H,6-8H2,1H3,(H,14,17)(H,16,18)/p+1. The molecule has 5 nitrogen and oxygen atoms in total. The molecule has 6 heteroatoms. The molecule has 0 aliphatic carbocycles. The molecule has 1 aromatic rings. The second kappa shape index (κ2) is 7.68. The van der Waals surface area contributed by atoms with Gasteiger partial charge in [-0.2, -0.15) is 0 Å². The van der Waals surface area contributed by atoms with Crippen molar-refractivity contribution in [2.24, 2.45) is 0 Å². The third-order valence-electron chi connectivity index (χ3n) is 2.34. The van der Waals surface area contributed by atoms with Gasteiger partial charge in [-0.25, -0.2) is 0 Å². The van der Waals surface area contributed by atoms with Crippen LogP contribution in [0.15, 0.2) is 24.3 Å². The number of benzene rings is 1. The first-order valence-electron chi connectivity index (χ1n) is 5.65. The number of amides is 2. The van der Waals surface area contributed by atoms with Gasteiger partial charge in [-0.3, -0.25) is 9.59 Å². The summed E-state index contributed by atoms with van der Waals surface area (Å²) in [5, 5.41) is 7.57. The van der Waals surface area contributed by atoms with Crippen molar-refractivity contribution in [3.05, 3.63) is 34.9 Å². The molecule has 0 aliphatic rings. The van der Waals surface area contributed by atoms with E-state index in [1.165, 1.54) is 0 Å². The fourth-order valence-corrected chi connectivity index (χ4v) is 1.44. The maximum absolute atomic E-state index is 11.5. The highest BCUT2D eigenvalue weighted by Gasteiger charge is 2.05. The van der Waals surface area contributed by atoms with Crippen molar-refractivity contribution >= 4 is 23.4 Å². The lowest BCUT2D eigenvalue weighted by Gasteiger charge is -2.04. The van der Waals surface area contributed by atoms with Crippen molar-refractivity contribution in [2.75, 3.05) is 20.1 Å². The fraction of sp³-hybridized carbons (Fsp3) is 0.333. The molecule has 0 unspecified atom stereocenters. The highest BCUT2D eigenvalue weighted by Crippen LogP contribution is 2.08. The maximum atomic E-state index is 11.5. The number of hydrogen-bond donors (Lipinski definition) is 3. The molecule has 2 amide bonds. The van der Waals surface area contributed by atoms with Crippen LogP contribution in [0.25, 0.3) is 0 Å². The van der Waals surface area contributed by atoms with Gasteiger partial charge in [0.25, 0.3) is 11.8 Å². The number of carbonyl (C=O) groups is 2. The van der Waals surface area contributed by atoms with Crippen molar-refractivity contribution in [1.29, 1.82) is 0 Å². The summed E-state index contributed by atoms with van der Waals surface area (Å²) in [5.74, 6) is -0.200. The van der Waals surface area contributed by atoms with Gasteiger partial charge in [-0.15, -0.1) is 0 Å². The molecule has 18 heavy (non-hydrogen) atoms. The van der Waals surface area contributed by atoms with Gasteiger partial charge < -0.3 is 16.0 Å². The number of halogens is 1. The first-order valence-corrected chi connectivity index (χ1v) is 6.03. The van der Waals surface area contributed by atoms with E-state index in [2.05, 4.69) is 10.6 Å². The Morgan fingerprint density at radius 3 is 2.39 bits per heavy atom. The molecule has 4 N–H and O–H groups in total.